The summed E-state index contributed by atoms with van der Waals surface area (Å²) in [5, 5.41) is 0.521. The first-order chi connectivity index (χ1) is 9.10. The predicted octanol–water partition coefficient (Wildman–Crippen LogP) is 3.26. The van der Waals surface area contributed by atoms with Crippen molar-refractivity contribution >= 4 is 17.4 Å². The fourth-order valence-electron chi connectivity index (χ4n) is 2.36. The molecule has 2 rings (SSSR count). The summed E-state index contributed by atoms with van der Waals surface area (Å²) in [6, 6.07) is 1.85. The van der Waals surface area contributed by atoms with Crippen LogP contribution in [0.1, 0.15) is 45.4 Å². The third-order valence-electron chi connectivity index (χ3n) is 3.32. The van der Waals surface area contributed by atoms with Gasteiger partial charge in [0.1, 0.15) is 16.8 Å². The van der Waals surface area contributed by atoms with Crippen LogP contribution in [0.15, 0.2) is 6.07 Å². The molecule has 1 aliphatic heterocycles. The molecule has 1 saturated heterocycles. The van der Waals surface area contributed by atoms with E-state index in [1.54, 1.807) is 0 Å². The van der Waals surface area contributed by atoms with Crippen LogP contribution in [0.2, 0.25) is 5.15 Å². The Kier molecular flexibility index (Phi) is 4.99. The van der Waals surface area contributed by atoms with Gasteiger partial charge in [0.2, 0.25) is 0 Å². The molecule has 0 amide bonds. The third-order valence-corrected chi connectivity index (χ3v) is 3.51. The van der Waals surface area contributed by atoms with Crippen molar-refractivity contribution in [3.63, 3.8) is 0 Å². The summed E-state index contributed by atoms with van der Waals surface area (Å²) in [6.45, 7) is 8.86. The number of rotatable bonds is 4. The molecule has 0 saturated carbocycles. The number of anilines is 1. The van der Waals surface area contributed by atoms with Crippen molar-refractivity contribution in [2.45, 2.75) is 45.6 Å². The highest BCUT2D eigenvalue weighted by molar-refractivity contribution is 6.29. The minimum absolute atomic E-state index is 0.282. The molecule has 0 radical (unpaired) electrons. The molecule has 106 valence electrons. The normalized spacial score (nSPS) is 20.1. The summed E-state index contributed by atoms with van der Waals surface area (Å²) in [4.78, 5) is 11.2. The third kappa shape index (κ3) is 3.80. The van der Waals surface area contributed by atoms with Crippen LogP contribution in [0.3, 0.4) is 0 Å². The first kappa shape index (κ1) is 14.5. The summed E-state index contributed by atoms with van der Waals surface area (Å²) in [5.74, 6) is 2.01. The van der Waals surface area contributed by atoms with Gasteiger partial charge in [-0.15, -0.1) is 0 Å². The van der Waals surface area contributed by atoms with Crippen LogP contribution in [0, 0.1) is 0 Å². The Labute approximate surface area is 120 Å². The number of halogens is 1. The monoisotopic (exact) mass is 283 g/mol. The van der Waals surface area contributed by atoms with Crippen LogP contribution in [-0.2, 0) is 4.74 Å². The average Bonchev–Trinajstić information content (AvgIpc) is 2.38. The fourth-order valence-corrected chi connectivity index (χ4v) is 2.55. The zero-order valence-corrected chi connectivity index (χ0v) is 12.7. The smallest absolute Gasteiger partial charge is 0.135 e. The largest absolute Gasteiger partial charge is 0.377 e. The van der Waals surface area contributed by atoms with Gasteiger partial charge in [-0.1, -0.05) is 25.4 Å². The first-order valence-corrected chi connectivity index (χ1v) is 7.39. The number of hydrogen-bond acceptors (Lipinski definition) is 4. The fraction of sp³-hybridized carbons (Fsp3) is 0.714. The van der Waals surface area contributed by atoms with Gasteiger partial charge in [-0.05, 0) is 19.8 Å². The van der Waals surface area contributed by atoms with Crippen molar-refractivity contribution in [1.29, 1.82) is 0 Å². The Balaban J connectivity index is 2.16. The topological polar surface area (TPSA) is 38.2 Å². The van der Waals surface area contributed by atoms with E-state index in [-0.39, 0.29) is 5.92 Å². The molecule has 0 N–H and O–H groups in total. The van der Waals surface area contributed by atoms with Crippen LogP contribution in [0.25, 0.3) is 0 Å². The van der Waals surface area contributed by atoms with Gasteiger partial charge in [0, 0.05) is 31.7 Å². The van der Waals surface area contributed by atoms with Gasteiger partial charge in [0.25, 0.3) is 0 Å². The summed E-state index contributed by atoms with van der Waals surface area (Å²) in [7, 11) is 0. The molecule has 0 spiro atoms. The summed E-state index contributed by atoms with van der Waals surface area (Å²) >= 11 is 6.10. The SMILES string of the molecule is CCOC1CCCN(c2cc(Cl)nc(C(C)C)n2)C1. The van der Waals surface area contributed by atoms with Gasteiger partial charge in [-0.25, -0.2) is 9.97 Å². The molecule has 0 aliphatic carbocycles. The zero-order chi connectivity index (χ0) is 13.8. The molecule has 0 bridgehead atoms. The average molecular weight is 284 g/mol. The van der Waals surface area contributed by atoms with E-state index in [1.165, 1.54) is 0 Å². The molecule has 2 heterocycles. The Bertz CT molecular complexity index is 423. The molecular weight excluding hydrogens is 262 g/mol. The number of ether oxygens (including phenoxy) is 1. The van der Waals surface area contributed by atoms with Crippen LogP contribution >= 0.6 is 11.6 Å². The Morgan fingerprint density at radius 2 is 2.26 bits per heavy atom. The van der Waals surface area contributed by atoms with E-state index in [9.17, 15) is 0 Å². The van der Waals surface area contributed by atoms with Gasteiger partial charge >= 0.3 is 0 Å². The lowest BCUT2D eigenvalue weighted by Gasteiger charge is -2.33. The Morgan fingerprint density at radius 3 is 2.95 bits per heavy atom. The van der Waals surface area contributed by atoms with E-state index >= 15 is 0 Å². The second kappa shape index (κ2) is 6.53. The highest BCUT2D eigenvalue weighted by atomic mass is 35.5. The highest BCUT2D eigenvalue weighted by Crippen LogP contribution is 2.23. The maximum atomic E-state index is 6.10. The van der Waals surface area contributed by atoms with Gasteiger partial charge < -0.3 is 9.64 Å². The molecule has 0 aromatic carbocycles. The lowest BCUT2D eigenvalue weighted by molar-refractivity contribution is 0.0525. The quantitative estimate of drug-likeness (QED) is 0.795. The Morgan fingerprint density at radius 1 is 1.47 bits per heavy atom. The van der Waals surface area contributed by atoms with Gasteiger partial charge in [-0.2, -0.15) is 0 Å². The van der Waals surface area contributed by atoms with E-state index in [1.807, 2.05) is 13.0 Å². The lowest BCUT2D eigenvalue weighted by atomic mass is 10.1. The molecule has 1 unspecified atom stereocenters. The molecule has 1 aliphatic rings. The molecule has 1 aromatic rings. The van der Waals surface area contributed by atoms with Crippen molar-refractivity contribution in [3.05, 3.63) is 17.0 Å². The lowest BCUT2D eigenvalue weighted by Crippen LogP contribution is -2.40. The van der Waals surface area contributed by atoms with E-state index < -0.39 is 0 Å². The van der Waals surface area contributed by atoms with Crippen molar-refractivity contribution in [3.8, 4) is 0 Å². The van der Waals surface area contributed by atoms with Crippen LogP contribution in [0.5, 0.6) is 0 Å². The molecular formula is C14H22ClN3O. The van der Waals surface area contributed by atoms with Crippen molar-refractivity contribution < 1.29 is 4.74 Å². The van der Waals surface area contributed by atoms with E-state index in [0.717, 1.165) is 44.2 Å². The summed E-state index contributed by atoms with van der Waals surface area (Å²) in [5.41, 5.74) is 0. The summed E-state index contributed by atoms with van der Waals surface area (Å²) in [6.07, 6.45) is 2.55. The van der Waals surface area contributed by atoms with E-state index in [4.69, 9.17) is 16.3 Å². The molecule has 4 nitrogen and oxygen atoms in total. The summed E-state index contributed by atoms with van der Waals surface area (Å²) < 4.78 is 5.72. The van der Waals surface area contributed by atoms with E-state index in [2.05, 4.69) is 28.7 Å². The van der Waals surface area contributed by atoms with Crippen molar-refractivity contribution in [2.75, 3.05) is 24.6 Å². The van der Waals surface area contributed by atoms with Gasteiger partial charge in [-0.3, -0.25) is 0 Å². The minimum Gasteiger partial charge on any atom is -0.377 e. The molecule has 1 aromatic heterocycles. The number of hydrogen-bond donors (Lipinski definition) is 0. The van der Waals surface area contributed by atoms with Gasteiger partial charge in [0.05, 0.1) is 6.10 Å². The Hall–Kier alpha value is -0.870. The zero-order valence-electron chi connectivity index (χ0n) is 11.9. The first-order valence-electron chi connectivity index (χ1n) is 7.01. The maximum absolute atomic E-state index is 6.10. The van der Waals surface area contributed by atoms with Gasteiger partial charge in [0.15, 0.2) is 0 Å². The standard InChI is InChI=1S/C14H22ClN3O/c1-4-19-11-6-5-7-18(9-11)13-8-12(15)16-14(17-13)10(2)3/h8,10-11H,4-7,9H2,1-3H3. The van der Waals surface area contributed by atoms with Crippen LogP contribution in [0.4, 0.5) is 5.82 Å². The number of piperidine rings is 1. The second-order valence-electron chi connectivity index (χ2n) is 5.23. The molecule has 5 heteroatoms. The minimum atomic E-state index is 0.282. The van der Waals surface area contributed by atoms with Crippen molar-refractivity contribution in [2.24, 2.45) is 0 Å². The van der Waals surface area contributed by atoms with Crippen LogP contribution in [-0.4, -0.2) is 35.8 Å². The maximum Gasteiger partial charge on any atom is 0.135 e. The highest BCUT2D eigenvalue weighted by Gasteiger charge is 2.22. The van der Waals surface area contributed by atoms with E-state index in [0.29, 0.717) is 11.3 Å². The molecule has 1 fully saturated rings. The number of nitrogens with zero attached hydrogens (tertiary/aromatic N) is 3. The molecule has 1 atom stereocenters. The van der Waals surface area contributed by atoms with Crippen molar-refractivity contribution in [1.82, 2.24) is 9.97 Å². The number of aromatic nitrogens is 2. The predicted molar refractivity (Wildman–Crippen MR) is 78.0 cm³/mol. The van der Waals surface area contributed by atoms with Crippen LogP contribution < -0.4 is 4.90 Å². The molecule has 19 heavy (non-hydrogen) atoms. The second-order valence-corrected chi connectivity index (χ2v) is 5.61.